The van der Waals surface area contributed by atoms with Crippen LogP contribution in [0.25, 0.3) is 0 Å². The lowest BCUT2D eigenvalue weighted by molar-refractivity contribution is -0.145. The van der Waals surface area contributed by atoms with Crippen molar-refractivity contribution in [3.05, 3.63) is 0 Å². The van der Waals surface area contributed by atoms with Crippen molar-refractivity contribution < 1.29 is 17.9 Å². The molecule has 0 saturated carbocycles. The number of ether oxygens (including phenoxy) is 1. The quantitative estimate of drug-likeness (QED) is 0.678. The van der Waals surface area contributed by atoms with E-state index in [4.69, 9.17) is 4.74 Å². The van der Waals surface area contributed by atoms with Gasteiger partial charge in [-0.3, -0.25) is 4.79 Å². The lowest BCUT2D eigenvalue weighted by Crippen LogP contribution is -2.42. The van der Waals surface area contributed by atoms with E-state index in [9.17, 15) is 13.2 Å². The molecule has 1 fully saturated rings. The molecular formula is C9H17NO4S. The number of rotatable bonds is 4. The first-order valence-electron chi connectivity index (χ1n) is 5.07. The summed E-state index contributed by atoms with van der Waals surface area (Å²) < 4.78 is 27.1. The third kappa shape index (κ3) is 3.79. The minimum absolute atomic E-state index is 0.116. The maximum Gasteiger partial charge on any atom is 0.322 e. The van der Waals surface area contributed by atoms with Gasteiger partial charge in [0, 0.05) is 6.04 Å². The number of nitrogens with one attached hydrogen (secondary N) is 1. The van der Waals surface area contributed by atoms with Crippen LogP contribution in [0.1, 0.15) is 20.3 Å². The van der Waals surface area contributed by atoms with Gasteiger partial charge in [0.1, 0.15) is 6.04 Å². The summed E-state index contributed by atoms with van der Waals surface area (Å²) in [5, 5.41) is 2.97. The summed E-state index contributed by atoms with van der Waals surface area (Å²) in [5.74, 6) is -0.00135. The van der Waals surface area contributed by atoms with Crippen molar-refractivity contribution in [3.63, 3.8) is 0 Å². The molecule has 0 aromatic carbocycles. The van der Waals surface area contributed by atoms with Crippen LogP contribution in [0.2, 0.25) is 0 Å². The molecule has 88 valence electrons. The summed E-state index contributed by atoms with van der Waals surface area (Å²) in [7, 11) is -2.89. The lowest BCUT2D eigenvalue weighted by Gasteiger charge is -2.16. The Morgan fingerprint density at radius 3 is 2.73 bits per heavy atom. The van der Waals surface area contributed by atoms with E-state index < -0.39 is 15.9 Å². The molecule has 1 N–H and O–H groups in total. The Morgan fingerprint density at radius 2 is 2.27 bits per heavy atom. The molecule has 15 heavy (non-hydrogen) atoms. The molecule has 0 spiro atoms. The molecule has 1 rings (SSSR count). The van der Waals surface area contributed by atoms with E-state index in [-0.39, 0.29) is 23.5 Å². The van der Waals surface area contributed by atoms with Crippen LogP contribution in [0.3, 0.4) is 0 Å². The van der Waals surface area contributed by atoms with Crippen LogP contribution in [0.4, 0.5) is 0 Å². The van der Waals surface area contributed by atoms with Crippen molar-refractivity contribution in [2.24, 2.45) is 0 Å². The smallest absolute Gasteiger partial charge is 0.322 e. The van der Waals surface area contributed by atoms with E-state index in [0.717, 1.165) is 0 Å². The summed E-state index contributed by atoms with van der Waals surface area (Å²) in [4.78, 5) is 11.3. The molecule has 0 bridgehead atoms. The Hall–Kier alpha value is -0.620. The standard InChI is InChI=1S/C9H17NO4S/c1-3-14-9(11)7(2)10-8-4-5-15(12,13)6-8/h7-8,10H,3-6H2,1-2H3/t7-,8+/m1/s1. The van der Waals surface area contributed by atoms with Crippen LogP contribution >= 0.6 is 0 Å². The van der Waals surface area contributed by atoms with Crippen molar-refractivity contribution in [3.8, 4) is 0 Å². The predicted molar refractivity (Wildman–Crippen MR) is 56.3 cm³/mol. The molecule has 0 amide bonds. The molecule has 0 aromatic rings. The first kappa shape index (κ1) is 12.4. The van der Waals surface area contributed by atoms with Crippen LogP contribution < -0.4 is 5.32 Å². The predicted octanol–water partition coefficient (Wildman–Crippen LogP) is -0.285. The molecule has 0 aromatic heterocycles. The maximum absolute atomic E-state index is 11.3. The summed E-state index contributed by atoms with van der Waals surface area (Å²) in [6.45, 7) is 3.77. The van der Waals surface area contributed by atoms with E-state index in [2.05, 4.69) is 5.32 Å². The SMILES string of the molecule is CCOC(=O)[C@@H](C)N[C@H]1CCS(=O)(=O)C1. The highest BCUT2D eigenvalue weighted by Gasteiger charge is 2.30. The molecule has 0 unspecified atom stereocenters. The van der Waals surface area contributed by atoms with Crippen molar-refractivity contribution in [1.82, 2.24) is 5.32 Å². The molecule has 0 aliphatic carbocycles. The van der Waals surface area contributed by atoms with Crippen LogP contribution in [0, 0.1) is 0 Å². The molecule has 1 saturated heterocycles. The number of hydrogen-bond donors (Lipinski definition) is 1. The van der Waals surface area contributed by atoms with Gasteiger partial charge in [0.2, 0.25) is 0 Å². The highest BCUT2D eigenvalue weighted by atomic mass is 32.2. The lowest BCUT2D eigenvalue weighted by atomic mass is 10.2. The third-order valence-electron chi connectivity index (χ3n) is 2.36. The fraction of sp³-hybridized carbons (Fsp3) is 0.889. The van der Waals surface area contributed by atoms with Gasteiger partial charge in [0.05, 0.1) is 18.1 Å². The van der Waals surface area contributed by atoms with Crippen LogP contribution in [-0.2, 0) is 19.4 Å². The zero-order valence-electron chi connectivity index (χ0n) is 9.02. The average Bonchev–Trinajstić information content (AvgIpc) is 2.46. The zero-order chi connectivity index (χ0) is 11.5. The van der Waals surface area contributed by atoms with Gasteiger partial charge < -0.3 is 10.1 Å². The minimum atomic E-state index is -2.89. The third-order valence-corrected chi connectivity index (χ3v) is 4.13. The van der Waals surface area contributed by atoms with Crippen molar-refractivity contribution in [2.75, 3.05) is 18.1 Å². The maximum atomic E-state index is 11.3. The van der Waals surface area contributed by atoms with Gasteiger partial charge in [0.25, 0.3) is 0 Å². The number of esters is 1. The highest BCUT2D eigenvalue weighted by molar-refractivity contribution is 7.91. The molecule has 0 radical (unpaired) electrons. The summed E-state index contributed by atoms with van der Waals surface area (Å²) >= 11 is 0. The fourth-order valence-electron chi connectivity index (χ4n) is 1.62. The Kier molecular flexibility index (Phi) is 4.10. The monoisotopic (exact) mass is 235 g/mol. The van der Waals surface area contributed by atoms with E-state index in [0.29, 0.717) is 13.0 Å². The first-order chi connectivity index (χ1) is 6.94. The van der Waals surface area contributed by atoms with Crippen molar-refractivity contribution in [2.45, 2.75) is 32.4 Å². The van der Waals surface area contributed by atoms with Gasteiger partial charge in [-0.25, -0.2) is 8.42 Å². The van der Waals surface area contributed by atoms with Crippen molar-refractivity contribution >= 4 is 15.8 Å². The van der Waals surface area contributed by atoms with Gasteiger partial charge in [-0.1, -0.05) is 0 Å². The topological polar surface area (TPSA) is 72.5 Å². The largest absolute Gasteiger partial charge is 0.465 e. The molecule has 5 nitrogen and oxygen atoms in total. The van der Waals surface area contributed by atoms with Crippen LogP contribution in [0.5, 0.6) is 0 Å². The second-order valence-corrected chi connectivity index (χ2v) is 5.97. The summed E-state index contributed by atoms with van der Waals surface area (Å²) in [6, 6.07) is -0.558. The number of carbonyl (C=O) groups excluding carboxylic acids is 1. The molecular weight excluding hydrogens is 218 g/mol. The number of hydrogen-bond acceptors (Lipinski definition) is 5. The Bertz CT molecular complexity index is 325. The van der Waals surface area contributed by atoms with Gasteiger partial charge in [0.15, 0.2) is 9.84 Å². The molecule has 1 aliphatic heterocycles. The second-order valence-electron chi connectivity index (χ2n) is 3.74. The van der Waals surface area contributed by atoms with Crippen molar-refractivity contribution in [1.29, 1.82) is 0 Å². The molecule has 1 heterocycles. The van der Waals surface area contributed by atoms with Crippen LogP contribution in [-0.4, -0.2) is 44.6 Å². The number of carbonyl (C=O) groups is 1. The van der Waals surface area contributed by atoms with Gasteiger partial charge in [-0.05, 0) is 20.3 Å². The average molecular weight is 235 g/mol. The summed E-state index contributed by atoms with van der Waals surface area (Å²) in [6.07, 6.45) is 0.575. The zero-order valence-corrected chi connectivity index (χ0v) is 9.84. The minimum Gasteiger partial charge on any atom is -0.465 e. The first-order valence-corrected chi connectivity index (χ1v) is 6.90. The Morgan fingerprint density at radius 1 is 1.60 bits per heavy atom. The van der Waals surface area contributed by atoms with E-state index in [1.54, 1.807) is 13.8 Å². The second kappa shape index (κ2) is 4.94. The van der Waals surface area contributed by atoms with Gasteiger partial charge in [-0.2, -0.15) is 0 Å². The van der Waals surface area contributed by atoms with Gasteiger partial charge in [-0.15, -0.1) is 0 Å². The normalized spacial score (nSPS) is 26.1. The van der Waals surface area contributed by atoms with E-state index in [1.807, 2.05) is 0 Å². The van der Waals surface area contributed by atoms with E-state index in [1.165, 1.54) is 0 Å². The Labute approximate surface area is 90.1 Å². The van der Waals surface area contributed by atoms with Gasteiger partial charge >= 0.3 is 5.97 Å². The Balaban J connectivity index is 2.40. The van der Waals surface area contributed by atoms with E-state index >= 15 is 0 Å². The number of sulfone groups is 1. The van der Waals surface area contributed by atoms with Crippen LogP contribution in [0.15, 0.2) is 0 Å². The molecule has 6 heteroatoms. The molecule has 1 aliphatic rings. The fourth-order valence-corrected chi connectivity index (χ4v) is 3.30. The highest BCUT2D eigenvalue weighted by Crippen LogP contribution is 2.11. The molecule has 2 atom stereocenters. The summed E-state index contributed by atoms with van der Waals surface area (Å²) in [5.41, 5.74) is 0.